The third-order valence-corrected chi connectivity index (χ3v) is 4.87. The minimum Gasteiger partial charge on any atom is -0.480 e. The molecule has 0 aromatic heterocycles. The molecule has 6 heteroatoms. The fraction of sp³-hybridized carbons (Fsp3) is 0.833. The lowest BCUT2D eigenvalue weighted by atomic mass is 10.2. The summed E-state index contributed by atoms with van der Waals surface area (Å²) in [6, 6.07) is -0.657. The van der Waals surface area contributed by atoms with E-state index in [0.717, 1.165) is 18.9 Å². The highest BCUT2D eigenvalue weighted by molar-refractivity contribution is 8.00. The van der Waals surface area contributed by atoms with Gasteiger partial charge in [0.2, 0.25) is 5.91 Å². The summed E-state index contributed by atoms with van der Waals surface area (Å²) < 4.78 is 0. The summed E-state index contributed by atoms with van der Waals surface area (Å²) in [6.07, 6.45) is 3.29. The van der Waals surface area contributed by atoms with E-state index in [2.05, 4.69) is 5.32 Å². The molecule has 0 radical (unpaired) electrons. The number of nitrogens with zero attached hydrogens (tertiary/aromatic N) is 1. The van der Waals surface area contributed by atoms with Gasteiger partial charge in [-0.25, -0.2) is 4.79 Å². The molecule has 1 saturated carbocycles. The monoisotopic (exact) mass is 272 g/mol. The highest BCUT2D eigenvalue weighted by atomic mass is 32.2. The minimum atomic E-state index is -0.894. The summed E-state index contributed by atoms with van der Waals surface area (Å²) in [6.45, 7) is 3.12. The van der Waals surface area contributed by atoms with Crippen LogP contribution < -0.4 is 5.32 Å². The molecule has 102 valence electrons. The molecule has 0 aromatic carbocycles. The normalized spacial score (nSPS) is 27.5. The van der Waals surface area contributed by atoms with E-state index < -0.39 is 12.0 Å². The maximum atomic E-state index is 12.1. The first-order valence-electron chi connectivity index (χ1n) is 6.49. The zero-order valence-electron chi connectivity index (χ0n) is 10.6. The molecular formula is C12H20N2O3S. The van der Waals surface area contributed by atoms with Gasteiger partial charge >= 0.3 is 5.97 Å². The van der Waals surface area contributed by atoms with E-state index in [1.54, 1.807) is 16.7 Å². The fourth-order valence-electron chi connectivity index (χ4n) is 2.20. The molecule has 2 rings (SSSR count). The lowest BCUT2D eigenvalue weighted by molar-refractivity contribution is -0.148. The van der Waals surface area contributed by atoms with Crippen LogP contribution in [0.25, 0.3) is 0 Å². The van der Waals surface area contributed by atoms with Crippen LogP contribution in [0.5, 0.6) is 0 Å². The Bertz CT molecular complexity index is 333. The van der Waals surface area contributed by atoms with Crippen molar-refractivity contribution < 1.29 is 14.7 Å². The van der Waals surface area contributed by atoms with Crippen LogP contribution in [0.2, 0.25) is 0 Å². The van der Waals surface area contributed by atoms with Gasteiger partial charge in [-0.15, -0.1) is 11.8 Å². The average molecular weight is 272 g/mol. The van der Waals surface area contributed by atoms with E-state index in [4.69, 9.17) is 5.11 Å². The van der Waals surface area contributed by atoms with Gasteiger partial charge in [-0.1, -0.05) is 6.92 Å². The third kappa shape index (κ3) is 3.17. The number of carbonyl (C=O) groups is 2. The molecular weight excluding hydrogens is 252 g/mol. The maximum absolute atomic E-state index is 12.1. The van der Waals surface area contributed by atoms with Crippen molar-refractivity contribution in [2.24, 2.45) is 5.92 Å². The molecule has 0 aromatic rings. The molecule has 1 saturated heterocycles. The molecule has 0 bridgehead atoms. The van der Waals surface area contributed by atoms with E-state index >= 15 is 0 Å². The largest absolute Gasteiger partial charge is 0.480 e. The van der Waals surface area contributed by atoms with Gasteiger partial charge in [0.1, 0.15) is 6.04 Å². The predicted octanol–water partition coefficient (Wildman–Crippen LogP) is 0.751. The summed E-state index contributed by atoms with van der Waals surface area (Å²) in [4.78, 5) is 24.8. The number of rotatable bonds is 6. The topological polar surface area (TPSA) is 69.6 Å². The van der Waals surface area contributed by atoms with E-state index in [9.17, 15) is 9.59 Å². The molecule has 2 N–H and O–H groups in total. The molecule has 1 aliphatic carbocycles. The number of carboxylic acids is 1. The number of amides is 1. The van der Waals surface area contributed by atoms with Crippen molar-refractivity contribution in [2.45, 2.75) is 37.6 Å². The zero-order chi connectivity index (χ0) is 13.1. The number of nitrogens with one attached hydrogen (secondary N) is 1. The maximum Gasteiger partial charge on any atom is 0.327 e. The Kier molecular flexibility index (Phi) is 4.50. The smallest absolute Gasteiger partial charge is 0.327 e. The molecule has 1 heterocycles. The Hall–Kier alpha value is -0.750. The number of carboxylic acid groups (broad SMARTS) is 1. The van der Waals surface area contributed by atoms with Crippen molar-refractivity contribution in [3.63, 3.8) is 0 Å². The highest BCUT2D eigenvalue weighted by Gasteiger charge is 2.40. The first-order chi connectivity index (χ1) is 8.63. The number of carbonyl (C=O) groups excluding carboxylic acids is 1. The Labute approximate surface area is 111 Å². The Balaban J connectivity index is 1.88. The van der Waals surface area contributed by atoms with Crippen molar-refractivity contribution in [1.82, 2.24) is 10.2 Å². The molecule has 2 fully saturated rings. The SMILES string of the molecule is CCC1SCC(C(=O)O)N1C(=O)CNCC1CC1. The van der Waals surface area contributed by atoms with Crippen molar-refractivity contribution >= 4 is 23.6 Å². The third-order valence-electron chi connectivity index (χ3n) is 3.42. The van der Waals surface area contributed by atoms with Gasteiger partial charge in [-0.3, -0.25) is 4.79 Å². The van der Waals surface area contributed by atoms with E-state index in [-0.39, 0.29) is 17.8 Å². The summed E-state index contributed by atoms with van der Waals surface area (Å²) in [7, 11) is 0. The van der Waals surface area contributed by atoms with Crippen LogP contribution in [0.4, 0.5) is 0 Å². The van der Waals surface area contributed by atoms with Crippen LogP contribution in [0, 0.1) is 5.92 Å². The molecule has 2 aliphatic rings. The fourth-order valence-corrected chi connectivity index (χ4v) is 3.57. The summed E-state index contributed by atoms with van der Waals surface area (Å²) >= 11 is 1.56. The van der Waals surface area contributed by atoms with E-state index in [1.165, 1.54) is 12.8 Å². The van der Waals surface area contributed by atoms with Crippen LogP contribution in [0.1, 0.15) is 26.2 Å². The van der Waals surface area contributed by atoms with Crippen LogP contribution in [0.15, 0.2) is 0 Å². The molecule has 1 aliphatic heterocycles. The standard InChI is InChI=1S/C12H20N2O3S/c1-2-11-14(9(7-18-11)12(16)17)10(15)6-13-5-8-3-4-8/h8-9,11,13H,2-7H2,1H3,(H,16,17). The molecule has 2 atom stereocenters. The van der Waals surface area contributed by atoms with Gasteiger partial charge in [0.25, 0.3) is 0 Å². The van der Waals surface area contributed by atoms with E-state index in [0.29, 0.717) is 5.75 Å². The number of hydrogen-bond acceptors (Lipinski definition) is 4. The van der Waals surface area contributed by atoms with Crippen molar-refractivity contribution in [3.8, 4) is 0 Å². The number of aliphatic carboxylic acids is 1. The van der Waals surface area contributed by atoms with Crippen LogP contribution in [0.3, 0.4) is 0 Å². The molecule has 5 nitrogen and oxygen atoms in total. The van der Waals surface area contributed by atoms with Crippen molar-refractivity contribution in [3.05, 3.63) is 0 Å². The van der Waals surface area contributed by atoms with Gasteiger partial charge in [-0.2, -0.15) is 0 Å². The molecule has 0 spiro atoms. The molecule has 2 unspecified atom stereocenters. The van der Waals surface area contributed by atoms with Gasteiger partial charge in [0, 0.05) is 5.75 Å². The van der Waals surface area contributed by atoms with Crippen molar-refractivity contribution in [2.75, 3.05) is 18.8 Å². The van der Waals surface area contributed by atoms with Crippen molar-refractivity contribution in [1.29, 1.82) is 0 Å². The van der Waals surface area contributed by atoms with Gasteiger partial charge in [0.15, 0.2) is 0 Å². The second-order valence-electron chi connectivity index (χ2n) is 4.93. The van der Waals surface area contributed by atoms with Crippen LogP contribution in [-0.4, -0.2) is 52.1 Å². The van der Waals surface area contributed by atoms with Gasteiger partial charge < -0.3 is 15.3 Å². The number of hydrogen-bond donors (Lipinski definition) is 2. The van der Waals surface area contributed by atoms with E-state index in [1.807, 2.05) is 6.92 Å². The predicted molar refractivity (Wildman–Crippen MR) is 70.4 cm³/mol. The Morgan fingerprint density at radius 2 is 2.17 bits per heavy atom. The van der Waals surface area contributed by atoms with Gasteiger partial charge in [0.05, 0.1) is 11.9 Å². The zero-order valence-corrected chi connectivity index (χ0v) is 11.4. The molecule has 18 heavy (non-hydrogen) atoms. The second kappa shape index (κ2) is 5.93. The summed E-state index contributed by atoms with van der Waals surface area (Å²) in [5.41, 5.74) is 0. The van der Waals surface area contributed by atoms with Gasteiger partial charge in [-0.05, 0) is 31.7 Å². The Morgan fingerprint density at radius 3 is 2.72 bits per heavy atom. The second-order valence-corrected chi connectivity index (χ2v) is 6.14. The summed E-state index contributed by atoms with van der Waals surface area (Å²) in [5, 5.41) is 12.3. The van der Waals surface area contributed by atoms with Crippen LogP contribution in [-0.2, 0) is 9.59 Å². The lowest BCUT2D eigenvalue weighted by Gasteiger charge is -2.26. The Morgan fingerprint density at radius 1 is 1.44 bits per heavy atom. The minimum absolute atomic E-state index is 0.0151. The highest BCUT2D eigenvalue weighted by Crippen LogP contribution is 2.31. The first kappa shape index (κ1) is 13.7. The average Bonchev–Trinajstić information content (AvgIpc) is 3.05. The molecule has 1 amide bonds. The first-order valence-corrected chi connectivity index (χ1v) is 7.54. The summed E-state index contributed by atoms with van der Waals surface area (Å²) in [5.74, 6) is 0.249. The lowest BCUT2D eigenvalue weighted by Crippen LogP contribution is -2.48. The quantitative estimate of drug-likeness (QED) is 0.747. The number of thioether (sulfide) groups is 1. The van der Waals surface area contributed by atoms with Crippen LogP contribution >= 0.6 is 11.8 Å².